The van der Waals surface area contributed by atoms with Crippen LogP contribution in [0.4, 0.5) is 17.2 Å². The molecular weight excluding hydrogens is 286 g/mol. The summed E-state index contributed by atoms with van der Waals surface area (Å²) in [5, 5.41) is 6.69. The van der Waals surface area contributed by atoms with E-state index >= 15 is 0 Å². The summed E-state index contributed by atoms with van der Waals surface area (Å²) in [7, 11) is 0. The Morgan fingerprint density at radius 1 is 1.19 bits per heavy atom. The van der Waals surface area contributed by atoms with Crippen molar-refractivity contribution in [2.24, 2.45) is 5.92 Å². The Morgan fingerprint density at radius 2 is 2.00 bits per heavy atom. The Bertz CT molecular complexity index is 638. The van der Waals surface area contributed by atoms with Gasteiger partial charge in [-0.15, -0.1) is 0 Å². The molecule has 1 aromatic heterocycles. The zero-order chi connectivity index (χ0) is 14.7. The van der Waals surface area contributed by atoms with E-state index in [4.69, 9.17) is 11.6 Å². The van der Waals surface area contributed by atoms with Crippen molar-refractivity contribution in [3.63, 3.8) is 0 Å². The van der Waals surface area contributed by atoms with E-state index < -0.39 is 0 Å². The topological polar surface area (TPSA) is 54.0 Å². The quantitative estimate of drug-likeness (QED) is 0.889. The SMILES string of the molecule is O=C(Nc1ccc(Nc2ccccc2Cl)cn1)C1CCC1. The Hall–Kier alpha value is -2.07. The average Bonchev–Trinajstić information content (AvgIpc) is 2.41. The fourth-order valence-corrected chi connectivity index (χ4v) is 2.34. The monoisotopic (exact) mass is 301 g/mol. The largest absolute Gasteiger partial charge is 0.353 e. The van der Waals surface area contributed by atoms with Crippen LogP contribution in [0.3, 0.4) is 0 Å². The van der Waals surface area contributed by atoms with Gasteiger partial charge in [-0.2, -0.15) is 0 Å². The molecule has 1 aliphatic rings. The highest BCUT2D eigenvalue weighted by Gasteiger charge is 2.25. The lowest BCUT2D eigenvalue weighted by Crippen LogP contribution is -2.28. The predicted molar refractivity (Wildman–Crippen MR) is 84.9 cm³/mol. The van der Waals surface area contributed by atoms with Crippen LogP contribution in [0.1, 0.15) is 19.3 Å². The number of nitrogens with zero attached hydrogens (tertiary/aromatic N) is 1. The van der Waals surface area contributed by atoms with Crippen molar-refractivity contribution >= 4 is 34.7 Å². The molecule has 0 aliphatic heterocycles. The van der Waals surface area contributed by atoms with Crippen molar-refractivity contribution in [1.29, 1.82) is 0 Å². The Labute approximate surface area is 128 Å². The molecule has 108 valence electrons. The predicted octanol–water partition coefficient (Wildman–Crippen LogP) is 4.22. The lowest BCUT2D eigenvalue weighted by molar-refractivity contribution is -0.122. The maximum absolute atomic E-state index is 11.8. The molecule has 0 saturated heterocycles. The minimum absolute atomic E-state index is 0.0700. The van der Waals surface area contributed by atoms with Crippen LogP contribution in [0, 0.1) is 5.92 Å². The summed E-state index contributed by atoms with van der Waals surface area (Å²) in [4.78, 5) is 16.1. The van der Waals surface area contributed by atoms with Gasteiger partial charge in [0.1, 0.15) is 5.82 Å². The molecule has 0 atom stereocenters. The van der Waals surface area contributed by atoms with E-state index in [1.54, 1.807) is 12.3 Å². The van der Waals surface area contributed by atoms with Crippen LogP contribution in [-0.2, 0) is 4.79 Å². The van der Waals surface area contributed by atoms with Gasteiger partial charge in [0.05, 0.1) is 22.6 Å². The van der Waals surface area contributed by atoms with Crippen LogP contribution in [0.5, 0.6) is 0 Å². The van der Waals surface area contributed by atoms with E-state index in [0.717, 1.165) is 30.6 Å². The summed E-state index contributed by atoms with van der Waals surface area (Å²) in [6.07, 6.45) is 4.79. The molecule has 3 rings (SSSR count). The fourth-order valence-electron chi connectivity index (χ4n) is 2.16. The molecule has 1 heterocycles. The number of rotatable bonds is 4. The lowest BCUT2D eigenvalue weighted by Gasteiger charge is -2.23. The first-order valence-corrected chi connectivity index (χ1v) is 7.38. The third kappa shape index (κ3) is 3.34. The van der Waals surface area contributed by atoms with Crippen LogP contribution < -0.4 is 10.6 Å². The number of anilines is 3. The molecule has 1 aliphatic carbocycles. The molecule has 2 aromatic rings. The first-order chi connectivity index (χ1) is 10.2. The van der Waals surface area contributed by atoms with Crippen molar-refractivity contribution in [3.05, 3.63) is 47.6 Å². The number of carbonyl (C=O) groups excluding carboxylic acids is 1. The number of amides is 1. The van der Waals surface area contributed by atoms with Gasteiger partial charge in [-0.1, -0.05) is 30.2 Å². The van der Waals surface area contributed by atoms with Gasteiger partial charge in [0.15, 0.2) is 0 Å². The maximum Gasteiger partial charge on any atom is 0.228 e. The summed E-state index contributed by atoms with van der Waals surface area (Å²) in [6, 6.07) is 11.2. The number of halogens is 1. The van der Waals surface area contributed by atoms with Gasteiger partial charge >= 0.3 is 0 Å². The number of para-hydroxylation sites is 1. The van der Waals surface area contributed by atoms with Crippen molar-refractivity contribution in [3.8, 4) is 0 Å². The molecule has 0 unspecified atom stereocenters. The smallest absolute Gasteiger partial charge is 0.228 e. The van der Waals surface area contributed by atoms with Gasteiger partial charge < -0.3 is 10.6 Å². The second-order valence-electron chi connectivity index (χ2n) is 5.15. The molecule has 0 bridgehead atoms. The maximum atomic E-state index is 11.8. The second-order valence-corrected chi connectivity index (χ2v) is 5.56. The van der Waals surface area contributed by atoms with Crippen LogP contribution in [0.25, 0.3) is 0 Å². The molecule has 1 fully saturated rings. The standard InChI is InChI=1S/C16H16ClN3O/c17-13-6-1-2-7-14(13)19-12-8-9-15(18-10-12)20-16(21)11-4-3-5-11/h1-2,6-11,19H,3-5H2,(H,18,20,21). The first kappa shape index (κ1) is 13.9. The van der Waals surface area contributed by atoms with Crippen LogP contribution in [-0.4, -0.2) is 10.9 Å². The number of nitrogens with one attached hydrogen (secondary N) is 2. The summed E-state index contributed by atoms with van der Waals surface area (Å²) >= 11 is 6.09. The number of hydrogen-bond donors (Lipinski definition) is 2. The molecule has 1 saturated carbocycles. The Morgan fingerprint density at radius 3 is 2.62 bits per heavy atom. The third-order valence-corrected chi connectivity index (χ3v) is 3.97. The van der Waals surface area contributed by atoms with Crippen LogP contribution in [0.15, 0.2) is 42.6 Å². The number of aromatic nitrogens is 1. The molecular formula is C16H16ClN3O. The van der Waals surface area contributed by atoms with Gasteiger partial charge in [0, 0.05) is 5.92 Å². The van der Waals surface area contributed by atoms with E-state index in [9.17, 15) is 4.79 Å². The zero-order valence-corrected chi connectivity index (χ0v) is 12.2. The second kappa shape index (κ2) is 6.14. The van der Waals surface area contributed by atoms with Gasteiger partial charge in [0.2, 0.25) is 5.91 Å². The van der Waals surface area contributed by atoms with Crippen molar-refractivity contribution in [2.75, 3.05) is 10.6 Å². The molecule has 1 aromatic carbocycles. The minimum Gasteiger partial charge on any atom is -0.353 e. The van der Waals surface area contributed by atoms with Crippen molar-refractivity contribution in [1.82, 2.24) is 4.98 Å². The summed E-state index contributed by atoms with van der Waals surface area (Å²) in [6.45, 7) is 0. The average molecular weight is 302 g/mol. The Kier molecular flexibility index (Phi) is 4.06. The van der Waals surface area contributed by atoms with Gasteiger partial charge in [-0.05, 0) is 37.1 Å². The number of benzene rings is 1. The van der Waals surface area contributed by atoms with E-state index in [-0.39, 0.29) is 11.8 Å². The van der Waals surface area contributed by atoms with Gasteiger partial charge in [-0.25, -0.2) is 4.98 Å². The molecule has 2 N–H and O–H groups in total. The summed E-state index contributed by atoms with van der Waals surface area (Å²) < 4.78 is 0. The molecule has 5 heteroatoms. The third-order valence-electron chi connectivity index (χ3n) is 3.64. The lowest BCUT2D eigenvalue weighted by atomic mass is 9.85. The minimum atomic E-state index is 0.0700. The van der Waals surface area contributed by atoms with Gasteiger partial charge in [-0.3, -0.25) is 4.79 Å². The van der Waals surface area contributed by atoms with Gasteiger partial charge in [0.25, 0.3) is 0 Å². The molecule has 4 nitrogen and oxygen atoms in total. The highest BCUT2D eigenvalue weighted by molar-refractivity contribution is 6.33. The molecule has 1 amide bonds. The summed E-state index contributed by atoms with van der Waals surface area (Å²) in [5.41, 5.74) is 1.65. The van der Waals surface area contributed by atoms with Crippen LogP contribution in [0.2, 0.25) is 5.02 Å². The highest BCUT2D eigenvalue weighted by atomic mass is 35.5. The normalized spacial score (nSPS) is 14.3. The highest BCUT2D eigenvalue weighted by Crippen LogP contribution is 2.28. The fraction of sp³-hybridized carbons (Fsp3) is 0.250. The van der Waals surface area contributed by atoms with Crippen LogP contribution >= 0.6 is 11.6 Å². The van der Waals surface area contributed by atoms with Crippen molar-refractivity contribution < 1.29 is 4.79 Å². The summed E-state index contributed by atoms with van der Waals surface area (Å²) in [5.74, 6) is 0.810. The number of hydrogen-bond acceptors (Lipinski definition) is 3. The molecule has 21 heavy (non-hydrogen) atoms. The first-order valence-electron chi connectivity index (χ1n) is 7.01. The van der Waals surface area contributed by atoms with Crippen molar-refractivity contribution in [2.45, 2.75) is 19.3 Å². The molecule has 0 radical (unpaired) electrons. The van der Waals surface area contributed by atoms with E-state index in [1.165, 1.54) is 0 Å². The van der Waals surface area contributed by atoms with E-state index in [1.807, 2.05) is 30.3 Å². The van der Waals surface area contributed by atoms with E-state index in [2.05, 4.69) is 15.6 Å². The number of carbonyl (C=O) groups is 1. The number of pyridine rings is 1. The Balaban J connectivity index is 1.64. The molecule has 0 spiro atoms. The zero-order valence-electron chi connectivity index (χ0n) is 11.5. The van der Waals surface area contributed by atoms with E-state index in [0.29, 0.717) is 10.8 Å².